The molecule has 0 heterocycles. The molecule has 1 saturated carbocycles. The number of hydrogen-bond acceptors (Lipinski definition) is 2. The van der Waals surface area contributed by atoms with Crippen molar-refractivity contribution in [3.8, 4) is 0 Å². The van der Waals surface area contributed by atoms with Crippen molar-refractivity contribution in [1.82, 2.24) is 5.32 Å². The zero-order valence-electron chi connectivity index (χ0n) is 9.32. The smallest absolute Gasteiger partial charge is 0.00967 e. The third kappa shape index (κ3) is 3.28. The van der Waals surface area contributed by atoms with Crippen molar-refractivity contribution in [1.29, 1.82) is 0 Å². The standard InChI is InChI=1S/C11H24N2/c1-10(2,3)13-9-11(8-12)6-4-5-7-11/h13H,4-9,12H2,1-3H3. The summed E-state index contributed by atoms with van der Waals surface area (Å²) in [4.78, 5) is 0. The van der Waals surface area contributed by atoms with Gasteiger partial charge in [0.15, 0.2) is 0 Å². The van der Waals surface area contributed by atoms with Crippen LogP contribution >= 0.6 is 0 Å². The lowest BCUT2D eigenvalue weighted by atomic mass is 9.85. The molecule has 13 heavy (non-hydrogen) atoms. The second-order valence-corrected chi connectivity index (χ2v) is 5.51. The largest absolute Gasteiger partial charge is 0.330 e. The molecule has 0 aromatic rings. The van der Waals surface area contributed by atoms with Gasteiger partial charge in [0.2, 0.25) is 0 Å². The van der Waals surface area contributed by atoms with E-state index >= 15 is 0 Å². The summed E-state index contributed by atoms with van der Waals surface area (Å²) >= 11 is 0. The third-order valence-electron chi connectivity index (χ3n) is 3.09. The highest BCUT2D eigenvalue weighted by atomic mass is 15.0. The maximum atomic E-state index is 5.86. The lowest BCUT2D eigenvalue weighted by molar-refractivity contribution is 0.255. The van der Waals surface area contributed by atoms with Crippen molar-refractivity contribution < 1.29 is 0 Å². The van der Waals surface area contributed by atoms with E-state index < -0.39 is 0 Å². The van der Waals surface area contributed by atoms with Crippen LogP contribution in [-0.2, 0) is 0 Å². The molecule has 0 atom stereocenters. The van der Waals surface area contributed by atoms with Gasteiger partial charge in [-0.3, -0.25) is 0 Å². The maximum absolute atomic E-state index is 5.86. The molecule has 3 N–H and O–H groups in total. The molecule has 0 spiro atoms. The van der Waals surface area contributed by atoms with Gasteiger partial charge in [-0.1, -0.05) is 12.8 Å². The molecule has 0 bridgehead atoms. The molecular weight excluding hydrogens is 160 g/mol. The minimum absolute atomic E-state index is 0.227. The van der Waals surface area contributed by atoms with Crippen LogP contribution in [0.1, 0.15) is 46.5 Å². The molecule has 1 rings (SSSR count). The molecule has 2 nitrogen and oxygen atoms in total. The monoisotopic (exact) mass is 184 g/mol. The summed E-state index contributed by atoms with van der Waals surface area (Å²) in [5, 5.41) is 3.58. The van der Waals surface area contributed by atoms with Crippen molar-refractivity contribution in [2.75, 3.05) is 13.1 Å². The summed E-state index contributed by atoms with van der Waals surface area (Å²) in [6.45, 7) is 8.58. The average Bonchev–Trinajstić information content (AvgIpc) is 2.49. The van der Waals surface area contributed by atoms with E-state index in [0.717, 1.165) is 13.1 Å². The Hall–Kier alpha value is -0.0800. The predicted molar refractivity (Wildman–Crippen MR) is 57.7 cm³/mol. The van der Waals surface area contributed by atoms with Crippen LogP contribution < -0.4 is 11.1 Å². The first-order chi connectivity index (χ1) is 5.97. The Bertz CT molecular complexity index is 152. The molecule has 1 aliphatic carbocycles. The van der Waals surface area contributed by atoms with Gasteiger partial charge in [-0.05, 0) is 45.6 Å². The molecule has 2 heteroatoms. The number of nitrogens with two attached hydrogens (primary N) is 1. The molecule has 1 fully saturated rings. The SMILES string of the molecule is CC(C)(C)NCC1(CN)CCCC1. The second-order valence-electron chi connectivity index (χ2n) is 5.51. The fourth-order valence-corrected chi connectivity index (χ4v) is 2.03. The van der Waals surface area contributed by atoms with E-state index in [2.05, 4.69) is 26.1 Å². The first-order valence-corrected chi connectivity index (χ1v) is 5.43. The highest BCUT2D eigenvalue weighted by Gasteiger charge is 2.32. The molecule has 0 aromatic heterocycles. The first-order valence-electron chi connectivity index (χ1n) is 5.43. The quantitative estimate of drug-likeness (QED) is 0.703. The number of rotatable bonds is 3. The molecule has 0 amide bonds. The van der Waals surface area contributed by atoms with Gasteiger partial charge in [0.05, 0.1) is 0 Å². The molecule has 0 aliphatic heterocycles. The van der Waals surface area contributed by atoms with Gasteiger partial charge in [0, 0.05) is 12.1 Å². The van der Waals surface area contributed by atoms with Gasteiger partial charge in [-0.25, -0.2) is 0 Å². The molecule has 1 aliphatic rings. The average molecular weight is 184 g/mol. The Morgan fingerprint density at radius 2 is 1.77 bits per heavy atom. The van der Waals surface area contributed by atoms with E-state index in [9.17, 15) is 0 Å². The molecule has 78 valence electrons. The van der Waals surface area contributed by atoms with E-state index in [-0.39, 0.29) is 5.54 Å². The van der Waals surface area contributed by atoms with Crippen molar-refractivity contribution in [2.45, 2.75) is 52.0 Å². The maximum Gasteiger partial charge on any atom is 0.00967 e. The van der Waals surface area contributed by atoms with Crippen molar-refractivity contribution in [3.05, 3.63) is 0 Å². The Kier molecular flexibility index (Phi) is 3.36. The van der Waals surface area contributed by atoms with E-state index in [1.54, 1.807) is 0 Å². The summed E-state index contributed by atoms with van der Waals surface area (Å²) in [6, 6.07) is 0. The van der Waals surface area contributed by atoms with Gasteiger partial charge in [-0.15, -0.1) is 0 Å². The van der Waals surface area contributed by atoms with E-state index in [1.807, 2.05) is 0 Å². The zero-order valence-corrected chi connectivity index (χ0v) is 9.32. The van der Waals surface area contributed by atoms with E-state index in [1.165, 1.54) is 25.7 Å². The Labute approximate surface area is 82.3 Å². The first kappa shape index (κ1) is 11.0. The summed E-state index contributed by atoms with van der Waals surface area (Å²) in [6.07, 6.45) is 5.35. The van der Waals surface area contributed by atoms with Crippen LogP contribution in [0.25, 0.3) is 0 Å². The highest BCUT2D eigenvalue weighted by molar-refractivity contribution is 4.89. The topological polar surface area (TPSA) is 38.0 Å². The molecule has 0 radical (unpaired) electrons. The van der Waals surface area contributed by atoms with Gasteiger partial charge in [-0.2, -0.15) is 0 Å². The van der Waals surface area contributed by atoms with Crippen molar-refractivity contribution in [2.24, 2.45) is 11.1 Å². The zero-order chi connectivity index (χ0) is 9.95. The minimum atomic E-state index is 0.227. The van der Waals surface area contributed by atoms with E-state index in [4.69, 9.17) is 5.73 Å². The van der Waals surface area contributed by atoms with Crippen LogP contribution in [0.4, 0.5) is 0 Å². The molecular formula is C11H24N2. The van der Waals surface area contributed by atoms with Crippen LogP contribution in [0.2, 0.25) is 0 Å². The van der Waals surface area contributed by atoms with Gasteiger partial charge < -0.3 is 11.1 Å². The Morgan fingerprint density at radius 3 is 2.15 bits per heavy atom. The fraction of sp³-hybridized carbons (Fsp3) is 1.00. The Balaban J connectivity index is 2.40. The number of hydrogen-bond donors (Lipinski definition) is 2. The minimum Gasteiger partial charge on any atom is -0.330 e. The van der Waals surface area contributed by atoms with Crippen LogP contribution in [0.5, 0.6) is 0 Å². The van der Waals surface area contributed by atoms with Gasteiger partial charge in [0.25, 0.3) is 0 Å². The van der Waals surface area contributed by atoms with Crippen molar-refractivity contribution >= 4 is 0 Å². The van der Waals surface area contributed by atoms with Crippen LogP contribution in [-0.4, -0.2) is 18.6 Å². The Morgan fingerprint density at radius 1 is 1.23 bits per heavy atom. The van der Waals surface area contributed by atoms with Crippen LogP contribution in [0.15, 0.2) is 0 Å². The van der Waals surface area contributed by atoms with Gasteiger partial charge >= 0.3 is 0 Å². The number of nitrogens with one attached hydrogen (secondary N) is 1. The van der Waals surface area contributed by atoms with Crippen LogP contribution in [0.3, 0.4) is 0 Å². The summed E-state index contributed by atoms with van der Waals surface area (Å²) in [7, 11) is 0. The van der Waals surface area contributed by atoms with Gasteiger partial charge in [0.1, 0.15) is 0 Å². The molecule has 0 unspecified atom stereocenters. The summed E-state index contributed by atoms with van der Waals surface area (Å²) in [5.41, 5.74) is 6.50. The van der Waals surface area contributed by atoms with Crippen LogP contribution in [0, 0.1) is 5.41 Å². The highest BCUT2D eigenvalue weighted by Crippen LogP contribution is 2.36. The third-order valence-corrected chi connectivity index (χ3v) is 3.09. The normalized spacial score (nSPS) is 22.2. The fourth-order valence-electron chi connectivity index (χ4n) is 2.03. The molecule has 0 aromatic carbocycles. The van der Waals surface area contributed by atoms with E-state index in [0.29, 0.717) is 5.41 Å². The lowest BCUT2D eigenvalue weighted by Crippen LogP contribution is -2.45. The summed E-state index contributed by atoms with van der Waals surface area (Å²) in [5.74, 6) is 0. The van der Waals surface area contributed by atoms with Crippen molar-refractivity contribution in [3.63, 3.8) is 0 Å². The summed E-state index contributed by atoms with van der Waals surface area (Å²) < 4.78 is 0. The molecule has 0 saturated heterocycles. The second kappa shape index (κ2) is 3.97. The lowest BCUT2D eigenvalue weighted by Gasteiger charge is -2.32. The predicted octanol–water partition coefficient (Wildman–Crippen LogP) is 1.89.